The van der Waals surface area contributed by atoms with Gasteiger partial charge in [-0.25, -0.2) is 0 Å². The molecular formula is C14H26O6S. The fourth-order valence-electron chi connectivity index (χ4n) is 2.88. The molecule has 21 heavy (non-hydrogen) atoms. The Morgan fingerprint density at radius 2 is 1.76 bits per heavy atom. The standard InChI is InChI=1S/C14H26O6S/c1-14(2)4-3-7(5-9(14)16)21-13-12(19)11(18)10(17)8(6-15)20-13/h7-13,15-19H,3-6H2,1-2H3/t7?,8-,9?,10+,11+,12-,13+/m1/s1. The maximum absolute atomic E-state index is 10.1. The third-order valence-electron chi connectivity index (χ3n) is 4.67. The number of aliphatic hydroxyl groups is 5. The monoisotopic (exact) mass is 322 g/mol. The van der Waals surface area contributed by atoms with Crippen molar-refractivity contribution in [1.82, 2.24) is 0 Å². The van der Waals surface area contributed by atoms with Crippen LogP contribution in [0.4, 0.5) is 0 Å². The van der Waals surface area contributed by atoms with Crippen LogP contribution in [0, 0.1) is 5.41 Å². The highest BCUT2D eigenvalue weighted by Crippen LogP contribution is 2.42. The van der Waals surface area contributed by atoms with Crippen LogP contribution in [-0.4, -0.2) is 73.3 Å². The molecule has 1 aliphatic heterocycles. The third-order valence-corrected chi connectivity index (χ3v) is 6.15. The lowest BCUT2D eigenvalue weighted by Gasteiger charge is -2.43. The predicted molar refractivity (Wildman–Crippen MR) is 78.8 cm³/mol. The van der Waals surface area contributed by atoms with Gasteiger partial charge in [-0.05, 0) is 24.7 Å². The summed E-state index contributed by atoms with van der Waals surface area (Å²) >= 11 is 1.36. The minimum atomic E-state index is -1.33. The van der Waals surface area contributed by atoms with Gasteiger partial charge in [0.2, 0.25) is 0 Å². The number of aliphatic hydroxyl groups excluding tert-OH is 5. The van der Waals surface area contributed by atoms with Crippen molar-refractivity contribution in [3.05, 3.63) is 0 Å². The molecule has 1 aliphatic carbocycles. The quantitative estimate of drug-likeness (QED) is 0.474. The predicted octanol–water partition coefficient (Wildman–Crippen LogP) is -0.541. The summed E-state index contributed by atoms with van der Waals surface area (Å²) in [5.74, 6) is 0. The first-order valence-electron chi connectivity index (χ1n) is 7.40. The van der Waals surface area contributed by atoms with Crippen molar-refractivity contribution in [2.24, 2.45) is 5.41 Å². The Hall–Kier alpha value is 0.110. The van der Waals surface area contributed by atoms with E-state index in [0.717, 1.165) is 12.8 Å². The first-order valence-corrected chi connectivity index (χ1v) is 8.34. The lowest BCUT2D eigenvalue weighted by Crippen LogP contribution is -2.58. The zero-order valence-electron chi connectivity index (χ0n) is 12.4. The van der Waals surface area contributed by atoms with Crippen LogP contribution in [0.5, 0.6) is 0 Å². The summed E-state index contributed by atoms with van der Waals surface area (Å²) in [6.45, 7) is 3.65. The summed E-state index contributed by atoms with van der Waals surface area (Å²) < 4.78 is 5.49. The molecule has 1 saturated heterocycles. The molecule has 0 aromatic heterocycles. The average Bonchev–Trinajstić information content (AvgIpc) is 2.44. The fraction of sp³-hybridized carbons (Fsp3) is 1.00. The number of hydrogen-bond acceptors (Lipinski definition) is 7. The molecule has 2 fully saturated rings. The van der Waals surface area contributed by atoms with Crippen LogP contribution in [0.1, 0.15) is 33.1 Å². The fourth-order valence-corrected chi connectivity index (χ4v) is 4.33. The van der Waals surface area contributed by atoms with Crippen molar-refractivity contribution in [2.75, 3.05) is 6.61 Å². The summed E-state index contributed by atoms with van der Waals surface area (Å²) in [4.78, 5) is 0. The topological polar surface area (TPSA) is 110 Å². The Bertz CT molecular complexity index is 350. The largest absolute Gasteiger partial charge is 0.394 e. The van der Waals surface area contributed by atoms with E-state index < -0.39 is 42.6 Å². The highest BCUT2D eigenvalue weighted by atomic mass is 32.2. The minimum Gasteiger partial charge on any atom is -0.394 e. The van der Waals surface area contributed by atoms with E-state index in [4.69, 9.17) is 4.74 Å². The molecule has 6 nitrogen and oxygen atoms in total. The first kappa shape index (κ1) is 17.5. The number of hydrogen-bond donors (Lipinski definition) is 5. The molecule has 1 saturated carbocycles. The van der Waals surface area contributed by atoms with Crippen LogP contribution < -0.4 is 0 Å². The molecule has 7 heteroatoms. The van der Waals surface area contributed by atoms with E-state index in [0.29, 0.717) is 6.42 Å². The molecule has 1 heterocycles. The molecule has 0 radical (unpaired) electrons. The number of rotatable bonds is 3. The Morgan fingerprint density at radius 1 is 1.10 bits per heavy atom. The summed E-state index contributed by atoms with van der Waals surface area (Å²) in [7, 11) is 0. The molecule has 2 aliphatic rings. The van der Waals surface area contributed by atoms with Gasteiger partial charge in [0.15, 0.2) is 0 Å². The van der Waals surface area contributed by atoms with Gasteiger partial charge in [-0.3, -0.25) is 0 Å². The normalized spacial score (nSPS) is 47.3. The molecule has 0 bridgehead atoms. The lowest BCUT2D eigenvalue weighted by atomic mass is 9.75. The van der Waals surface area contributed by atoms with Crippen LogP contribution >= 0.6 is 11.8 Å². The molecule has 2 rings (SSSR count). The van der Waals surface area contributed by atoms with E-state index in [1.807, 2.05) is 13.8 Å². The van der Waals surface area contributed by atoms with E-state index in [1.165, 1.54) is 11.8 Å². The second-order valence-electron chi connectivity index (χ2n) is 6.73. The van der Waals surface area contributed by atoms with Gasteiger partial charge < -0.3 is 30.3 Å². The number of ether oxygens (including phenoxy) is 1. The SMILES string of the molecule is CC1(C)CCC(S[C@@H]2O[C@H](CO)[C@H](O)[C@H](O)[C@H]2O)CC1O. The van der Waals surface area contributed by atoms with Crippen molar-refractivity contribution in [3.63, 3.8) is 0 Å². The molecule has 0 spiro atoms. The van der Waals surface area contributed by atoms with Crippen molar-refractivity contribution >= 4 is 11.8 Å². The number of thioether (sulfide) groups is 1. The molecule has 0 aromatic rings. The zero-order valence-corrected chi connectivity index (χ0v) is 13.2. The van der Waals surface area contributed by atoms with Gasteiger partial charge in [0, 0.05) is 5.25 Å². The van der Waals surface area contributed by atoms with Gasteiger partial charge >= 0.3 is 0 Å². The second kappa shape index (κ2) is 6.70. The summed E-state index contributed by atoms with van der Waals surface area (Å²) in [5.41, 5.74) is -0.814. The van der Waals surface area contributed by atoms with Gasteiger partial charge in [-0.1, -0.05) is 13.8 Å². The Kier molecular flexibility index (Phi) is 5.57. The van der Waals surface area contributed by atoms with E-state index in [2.05, 4.69) is 0 Å². The minimum absolute atomic E-state index is 0.105. The van der Waals surface area contributed by atoms with E-state index in [1.54, 1.807) is 0 Å². The highest BCUT2D eigenvalue weighted by Gasteiger charge is 2.45. The molecule has 2 unspecified atom stereocenters. The lowest BCUT2D eigenvalue weighted by molar-refractivity contribution is -0.205. The van der Waals surface area contributed by atoms with Crippen molar-refractivity contribution in [2.45, 2.75) is 74.3 Å². The second-order valence-corrected chi connectivity index (χ2v) is 8.14. The van der Waals surface area contributed by atoms with Crippen LogP contribution in [0.25, 0.3) is 0 Å². The Labute approximate surface area is 129 Å². The van der Waals surface area contributed by atoms with E-state index in [9.17, 15) is 25.5 Å². The van der Waals surface area contributed by atoms with Gasteiger partial charge in [-0.15, -0.1) is 11.8 Å². The van der Waals surface area contributed by atoms with Crippen LogP contribution in [0.15, 0.2) is 0 Å². The van der Waals surface area contributed by atoms with Crippen molar-refractivity contribution in [1.29, 1.82) is 0 Å². The Morgan fingerprint density at radius 3 is 2.33 bits per heavy atom. The molecule has 0 aromatic carbocycles. The average molecular weight is 322 g/mol. The first-order chi connectivity index (χ1) is 9.76. The molecule has 7 atom stereocenters. The maximum atomic E-state index is 10.1. The highest BCUT2D eigenvalue weighted by molar-refractivity contribution is 8.00. The van der Waals surface area contributed by atoms with Crippen LogP contribution in [-0.2, 0) is 4.74 Å². The van der Waals surface area contributed by atoms with E-state index in [-0.39, 0.29) is 10.7 Å². The van der Waals surface area contributed by atoms with Gasteiger partial charge in [0.1, 0.15) is 29.9 Å². The molecule has 124 valence electrons. The maximum Gasteiger partial charge on any atom is 0.132 e. The molecule has 5 N–H and O–H groups in total. The van der Waals surface area contributed by atoms with Crippen molar-refractivity contribution < 1.29 is 30.3 Å². The van der Waals surface area contributed by atoms with Crippen LogP contribution in [0.2, 0.25) is 0 Å². The summed E-state index contributed by atoms with van der Waals surface area (Å²) in [6.07, 6.45) is -2.77. The van der Waals surface area contributed by atoms with Gasteiger partial charge in [0.05, 0.1) is 12.7 Å². The van der Waals surface area contributed by atoms with E-state index >= 15 is 0 Å². The molecule has 0 amide bonds. The summed E-state index contributed by atoms with van der Waals surface area (Å²) in [6, 6.07) is 0. The van der Waals surface area contributed by atoms with Crippen LogP contribution in [0.3, 0.4) is 0 Å². The Balaban J connectivity index is 1.96. The smallest absolute Gasteiger partial charge is 0.132 e. The van der Waals surface area contributed by atoms with Crippen molar-refractivity contribution in [3.8, 4) is 0 Å². The third kappa shape index (κ3) is 3.72. The molecular weight excluding hydrogens is 296 g/mol. The van der Waals surface area contributed by atoms with Gasteiger partial charge in [-0.2, -0.15) is 0 Å². The zero-order chi connectivity index (χ0) is 15.8. The van der Waals surface area contributed by atoms with Gasteiger partial charge in [0.25, 0.3) is 0 Å². The summed E-state index contributed by atoms with van der Waals surface area (Å²) in [5, 5.41) is 49.0.